The van der Waals surface area contributed by atoms with Gasteiger partial charge in [-0.1, -0.05) is 322 Å². The number of aromatic nitrogens is 2. The Bertz CT molecular complexity index is 6530. The summed E-state index contributed by atoms with van der Waals surface area (Å²) in [6.45, 7) is 34.3. The molecule has 15 aromatic carbocycles. The van der Waals surface area contributed by atoms with Gasteiger partial charge in [-0.05, 0) is 241 Å². The molecule has 4 heterocycles. The van der Waals surface area contributed by atoms with Crippen molar-refractivity contribution in [1.82, 2.24) is 9.13 Å². The number of benzene rings is 15. The first kappa shape index (κ1) is 75.8. The van der Waals surface area contributed by atoms with Gasteiger partial charge in [-0.3, -0.25) is 0 Å². The summed E-state index contributed by atoms with van der Waals surface area (Å²) >= 11 is 0. The van der Waals surface area contributed by atoms with E-state index in [2.05, 4.69) is 433 Å². The SMILES string of the molecule is CC(C)(C)c1ccc(-c2cc(-c3ccc(C(C)(C)C)cc3)c(C3c4cc(-n5c6ccccc6c6ccccc65)ccc4B4c5ccc(-n6c7ccccc7c7ccccc76)cc5N(c5c(-c6ccc(C(C)(C)C)cc6)cc(-c6ccc(C(C)(C)C)cc6)cc5-c5cccc(C#N)c5)c5cc(C(C)(C)C)cc3c54)c(-c3cccc(C#N)c3)c2)cc1. The van der Waals surface area contributed by atoms with E-state index in [4.69, 9.17) is 0 Å². The van der Waals surface area contributed by atoms with E-state index in [-0.39, 0.29) is 28.4 Å². The maximum absolute atomic E-state index is 11.2. The summed E-state index contributed by atoms with van der Waals surface area (Å²) in [7, 11) is 0. The molecule has 2 aromatic heterocycles. The number of hydrogen-bond donors (Lipinski definition) is 0. The van der Waals surface area contributed by atoms with Crippen molar-refractivity contribution >= 4 is 83.8 Å². The van der Waals surface area contributed by atoms with Crippen LogP contribution in [0.1, 0.15) is 165 Å². The van der Waals surface area contributed by atoms with Crippen LogP contribution in [0.5, 0.6) is 0 Å². The number of para-hydroxylation sites is 4. The number of nitrogens with zero attached hydrogens (tertiary/aromatic N) is 5. The fraction of sp³-hybridized carbons (Fsp3) is 0.186. The zero-order valence-electron chi connectivity index (χ0n) is 70.9. The number of nitriles is 2. The van der Waals surface area contributed by atoms with Gasteiger partial charge in [-0.25, -0.2) is 0 Å². The van der Waals surface area contributed by atoms with Gasteiger partial charge in [0.2, 0.25) is 6.71 Å². The van der Waals surface area contributed by atoms with Crippen LogP contribution in [-0.2, 0) is 27.1 Å². The summed E-state index contributed by atoms with van der Waals surface area (Å²) in [4.78, 5) is 2.69. The molecule has 578 valence electrons. The highest BCUT2D eigenvalue weighted by atomic mass is 15.2. The topological polar surface area (TPSA) is 60.7 Å². The first-order chi connectivity index (χ1) is 57.1. The zero-order chi connectivity index (χ0) is 82.5. The van der Waals surface area contributed by atoms with Crippen LogP contribution in [0.4, 0.5) is 17.1 Å². The summed E-state index contributed by atoms with van der Waals surface area (Å²) < 4.78 is 4.98. The lowest BCUT2D eigenvalue weighted by Gasteiger charge is -2.45. The molecule has 0 N–H and O–H groups in total. The highest BCUT2D eigenvalue weighted by Crippen LogP contribution is 2.55. The molecule has 2 aliphatic rings. The molecule has 0 saturated heterocycles. The van der Waals surface area contributed by atoms with Crippen LogP contribution in [-0.4, -0.2) is 15.8 Å². The van der Waals surface area contributed by atoms with E-state index in [1.54, 1.807) is 0 Å². The van der Waals surface area contributed by atoms with Crippen LogP contribution in [0.2, 0.25) is 0 Å². The van der Waals surface area contributed by atoms with Crippen molar-refractivity contribution in [3.8, 4) is 90.3 Å². The highest BCUT2D eigenvalue weighted by molar-refractivity contribution is 6.99. The molecule has 0 radical (unpaired) electrons. The molecule has 0 fully saturated rings. The smallest absolute Gasteiger partial charge is 0.247 e. The zero-order valence-corrected chi connectivity index (χ0v) is 70.9. The monoisotopic (exact) mass is 1540 g/mol. The molecule has 5 nitrogen and oxygen atoms in total. The van der Waals surface area contributed by atoms with E-state index in [1.807, 2.05) is 12.1 Å². The molecule has 1 atom stereocenters. The molecule has 0 bridgehead atoms. The summed E-state index contributed by atoms with van der Waals surface area (Å²) in [6.07, 6.45) is 0. The lowest BCUT2D eigenvalue weighted by Crippen LogP contribution is -2.62. The van der Waals surface area contributed by atoms with Crippen molar-refractivity contribution < 1.29 is 0 Å². The Morgan fingerprint density at radius 3 is 1.06 bits per heavy atom. The minimum Gasteiger partial charge on any atom is -0.310 e. The normalized spacial score (nSPS) is 13.5. The third kappa shape index (κ3) is 13.1. The first-order valence-electron chi connectivity index (χ1n) is 42.1. The third-order valence-corrected chi connectivity index (χ3v) is 25.5. The molecular formula is C113H98BN5. The number of rotatable bonds is 10. The van der Waals surface area contributed by atoms with E-state index in [1.165, 1.54) is 71.4 Å². The van der Waals surface area contributed by atoms with E-state index in [9.17, 15) is 10.5 Å². The third-order valence-electron chi connectivity index (χ3n) is 25.5. The van der Waals surface area contributed by atoms with E-state index >= 15 is 0 Å². The fourth-order valence-electron chi connectivity index (χ4n) is 19.1. The van der Waals surface area contributed by atoms with Crippen LogP contribution in [0, 0.1) is 22.7 Å². The van der Waals surface area contributed by atoms with Gasteiger partial charge in [-0.2, -0.15) is 10.5 Å². The van der Waals surface area contributed by atoms with Crippen molar-refractivity contribution in [2.45, 2.75) is 137 Å². The Hall–Kier alpha value is -13.3. The average Bonchev–Trinajstić information content (AvgIpc) is 0.868. The summed E-state index contributed by atoms with van der Waals surface area (Å²) in [6, 6.07) is 124. The molecule has 0 saturated carbocycles. The predicted octanol–water partition coefficient (Wildman–Crippen LogP) is 27.9. The Kier molecular flexibility index (Phi) is 18.0. The minimum atomic E-state index is -0.462. The van der Waals surface area contributed by atoms with Crippen molar-refractivity contribution in [3.05, 3.63) is 371 Å². The first-order valence-corrected chi connectivity index (χ1v) is 42.1. The lowest BCUT2D eigenvalue weighted by molar-refractivity contribution is 0.589. The lowest BCUT2D eigenvalue weighted by atomic mass is 9.31. The van der Waals surface area contributed by atoms with Crippen LogP contribution in [0.15, 0.2) is 315 Å². The summed E-state index contributed by atoms with van der Waals surface area (Å²) in [5.74, 6) is -0.462. The largest absolute Gasteiger partial charge is 0.310 e. The van der Waals surface area contributed by atoms with Crippen LogP contribution < -0.4 is 21.3 Å². The maximum Gasteiger partial charge on any atom is 0.247 e. The number of anilines is 3. The molecular weight excluding hydrogens is 1440 g/mol. The molecule has 1 unspecified atom stereocenters. The number of hydrogen-bond acceptors (Lipinski definition) is 3. The second kappa shape index (κ2) is 28.3. The Labute approximate surface area is 701 Å². The Morgan fingerprint density at radius 2 is 0.639 bits per heavy atom. The van der Waals surface area contributed by atoms with Gasteiger partial charge in [0, 0.05) is 61.3 Å². The van der Waals surface area contributed by atoms with Crippen molar-refractivity contribution in [2.24, 2.45) is 0 Å². The Morgan fingerprint density at radius 1 is 0.277 bits per heavy atom. The molecule has 119 heavy (non-hydrogen) atoms. The summed E-state index contributed by atoms with van der Waals surface area (Å²) in [5.41, 5.74) is 36.2. The van der Waals surface area contributed by atoms with Gasteiger partial charge in [0.1, 0.15) is 0 Å². The molecule has 0 aliphatic carbocycles. The molecule has 0 amide bonds. The van der Waals surface area contributed by atoms with Gasteiger partial charge in [0.25, 0.3) is 0 Å². The molecule has 17 aromatic rings. The van der Waals surface area contributed by atoms with Gasteiger partial charge >= 0.3 is 0 Å². The molecule has 19 rings (SSSR count). The van der Waals surface area contributed by atoms with Gasteiger partial charge in [0.15, 0.2) is 0 Å². The van der Waals surface area contributed by atoms with Crippen molar-refractivity contribution in [1.29, 1.82) is 10.5 Å². The van der Waals surface area contributed by atoms with Crippen LogP contribution >= 0.6 is 0 Å². The number of fused-ring (bicyclic) bond motifs is 10. The van der Waals surface area contributed by atoms with E-state index in [0.717, 1.165) is 128 Å². The second-order valence-electron chi connectivity index (χ2n) is 38.3. The second-order valence-corrected chi connectivity index (χ2v) is 38.3. The Balaban J connectivity index is 1.01. The maximum atomic E-state index is 11.2. The van der Waals surface area contributed by atoms with Crippen molar-refractivity contribution in [2.75, 3.05) is 4.90 Å². The van der Waals surface area contributed by atoms with Crippen LogP contribution in [0.3, 0.4) is 0 Å². The molecule has 0 spiro atoms. The van der Waals surface area contributed by atoms with E-state index in [0.29, 0.717) is 11.1 Å². The predicted molar refractivity (Wildman–Crippen MR) is 504 cm³/mol. The van der Waals surface area contributed by atoms with Gasteiger partial charge < -0.3 is 14.0 Å². The molecule has 2 aliphatic heterocycles. The molecule has 6 heteroatoms. The van der Waals surface area contributed by atoms with Gasteiger partial charge in [-0.15, -0.1) is 0 Å². The standard InChI is InChI=1S/C113H98BN5/c1-109(2,3)80-46-38-72(39-47-80)78-60-91(74-42-50-82(51-43-74)111(7,8)9)105(92(61-78)76-28-24-26-70(58-76)68-115)106-95-66-85(117-99-34-20-16-30-87(99)88-31-17-21-35-100(88)117)54-56-97(95)114-98-57-55-86(118-101-36-22-18-32-89(101)90-33-19-23-37-102(90)118)67-103(98)119(104-65-84(113(13,14)15)64-96(106)107(104)114)108-93(75-44-52-83(53-45-75)112(10,11)12)62-79(73-40-48-81(49-41-73)110(4,5)6)63-94(108)77-29-25-27-71(59-77)69-116/h16-67,106H,1-15H3. The fourth-order valence-corrected chi connectivity index (χ4v) is 19.1. The quantitative estimate of drug-likeness (QED) is 0.128. The van der Waals surface area contributed by atoms with Crippen molar-refractivity contribution in [3.63, 3.8) is 0 Å². The minimum absolute atomic E-state index is 0.0628. The van der Waals surface area contributed by atoms with Crippen LogP contribution in [0.25, 0.3) is 122 Å². The average molecular weight is 1540 g/mol. The van der Waals surface area contributed by atoms with E-state index < -0.39 is 11.3 Å². The van der Waals surface area contributed by atoms with Gasteiger partial charge in [0.05, 0.1) is 51.0 Å². The highest BCUT2D eigenvalue weighted by Gasteiger charge is 2.47. The summed E-state index contributed by atoms with van der Waals surface area (Å²) in [5, 5.41) is 27.1.